The van der Waals surface area contributed by atoms with Crippen LogP contribution in [0.5, 0.6) is 5.75 Å². The van der Waals surface area contributed by atoms with Crippen LogP contribution in [0.3, 0.4) is 0 Å². The summed E-state index contributed by atoms with van der Waals surface area (Å²) in [4.78, 5) is 12.6. The number of rotatable bonds is 5. The standard InChI is InChI=1S/C28H28FNO5S.ClH/c29-25-17-22(6-7-24(25)19-36(33,34)18-20-4-2-1-3-5-20)21-8-9-26-23(16-21)10-11-28(35-26)12-14-30(15-13-28)27(31)32;/h1-9,16-17H,10-15,18-19H2,(H,31,32);1H. The van der Waals surface area contributed by atoms with E-state index in [1.807, 2.05) is 24.3 Å². The lowest BCUT2D eigenvalue weighted by Gasteiger charge is -2.44. The third-order valence-electron chi connectivity index (χ3n) is 7.17. The average Bonchev–Trinajstić information content (AvgIpc) is 2.85. The van der Waals surface area contributed by atoms with E-state index in [1.54, 1.807) is 36.4 Å². The van der Waals surface area contributed by atoms with E-state index in [0.29, 0.717) is 37.1 Å². The Kier molecular flexibility index (Phi) is 7.80. The first-order valence-corrected chi connectivity index (χ1v) is 13.9. The van der Waals surface area contributed by atoms with Gasteiger partial charge in [0, 0.05) is 31.5 Å². The number of carboxylic acid groups (broad SMARTS) is 1. The van der Waals surface area contributed by atoms with E-state index in [1.165, 1.54) is 11.0 Å². The first-order chi connectivity index (χ1) is 17.2. The summed E-state index contributed by atoms with van der Waals surface area (Å²) in [6, 6.07) is 19.4. The van der Waals surface area contributed by atoms with Crippen molar-refractivity contribution < 1.29 is 27.4 Å². The van der Waals surface area contributed by atoms with Gasteiger partial charge in [-0.3, -0.25) is 0 Å². The van der Waals surface area contributed by atoms with Crippen molar-refractivity contribution in [2.24, 2.45) is 0 Å². The van der Waals surface area contributed by atoms with Crippen LogP contribution in [0.25, 0.3) is 11.1 Å². The van der Waals surface area contributed by atoms with E-state index in [9.17, 15) is 22.7 Å². The number of hydrogen-bond donors (Lipinski definition) is 1. The molecule has 2 aliphatic heterocycles. The number of halogens is 2. The molecule has 2 heterocycles. The van der Waals surface area contributed by atoms with Crippen molar-refractivity contribution in [1.29, 1.82) is 0 Å². The predicted molar refractivity (Wildman–Crippen MR) is 142 cm³/mol. The van der Waals surface area contributed by atoms with E-state index < -0.39 is 21.7 Å². The number of ether oxygens (including phenoxy) is 1. The monoisotopic (exact) mass is 545 g/mol. The van der Waals surface area contributed by atoms with Crippen molar-refractivity contribution in [2.45, 2.75) is 42.8 Å². The molecule has 0 bridgehead atoms. The number of piperidine rings is 1. The second-order valence-electron chi connectivity index (χ2n) is 9.70. The number of fused-ring (bicyclic) bond motifs is 1. The summed E-state index contributed by atoms with van der Waals surface area (Å²) >= 11 is 0. The summed E-state index contributed by atoms with van der Waals surface area (Å²) in [6.07, 6.45) is 2.05. The fraction of sp³-hybridized carbons (Fsp3) is 0.321. The molecule has 5 rings (SSSR count). The van der Waals surface area contributed by atoms with Gasteiger partial charge in [0.2, 0.25) is 0 Å². The minimum absolute atomic E-state index is 0. The number of aryl methyl sites for hydroxylation is 1. The maximum Gasteiger partial charge on any atom is 0.407 e. The van der Waals surface area contributed by atoms with Crippen molar-refractivity contribution in [3.63, 3.8) is 0 Å². The normalized spacial score (nSPS) is 16.4. The van der Waals surface area contributed by atoms with Gasteiger partial charge in [-0.1, -0.05) is 48.5 Å². The zero-order valence-electron chi connectivity index (χ0n) is 20.2. The minimum atomic E-state index is -3.51. The Morgan fingerprint density at radius 1 is 0.946 bits per heavy atom. The highest BCUT2D eigenvalue weighted by atomic mass is 35.5. The Bertz CT molecular complexity index is 1390. The van der Waals surface area contributed by atoms with E-state index >= 15 is 0 Å². The molecule has 0 aromatic heterocycles. The molecule has 37 heavy (non-hydrogen) atoms. The van der Waals surface area contributed by atoms with Gasteiger partial charge >= 0.3 is 6.09 Å². The molecule has 1 saturated heterocycles. The molecule has 1 amide bonds. The van der Waals surface area contributed by atoms with Crippen LogP contribution in [0.4, 0.5) is 9.18 Å². The highest BCUT2D eigenvalue weighted by molar-refractivity contribution is 7.89. The number of amides is 1. The van der Waals surface area contributed by atoms with Gasteiger partial charge in [-0.2, -0.15) is 0 Å². The van der Waals surface area contributed by atoms with Gasteiger partial charge in [0.25, 0.3) is 0 Å². The average molecular weight is 546 g/mol. The number of nitrogens with zero attached hydrogens (tertiary/aromatic N) is 1. The van der Waals surface area contributed by atoms with Gasteiger partial charge < -0.3 is 14.7 Å². The molecule has 196 valence electrons. The van der Waals surface area contributed by atoms with Gasteiger partial charge in [-0.05, 0) is 53.3 Å². The zero-order valence-corrected chi connectivity index (χ0v) is 21.9. The Morgan fingerprint density at radius 2 is 1.62 bits per heavy atom. The predicted octanol–water partition coefficient (Wildman–Crippen LogP) is 5.87. The lowest BCUT2D eigenvalue weighted by molar-refractivity contribution is -0.0103. The molecule has 0 atom stereocenters. The lowest BCUT2D eigenvalue weighted by atomic mass is 9.82. The molecule has 2 aliphatic rings. The van der Waals surface area contributed by atoms with E-state index in [2.05, 4.69) is 0 Å². The molecule has 3 aromatic carbocycles. The highest BCUT2D eigenvalue weighted by Gasteiger charge is 2.40. The third-order valence-corrected chi connectivity index (χ3v) is 8.70. The summed E-state index contributed by atoms with van der Waals surface area (Å²) < 4.78 is 46.5. The number of hydrogen-bond acceptors (Lipinski definition) is 4. The van der Waals surface area contributed by atoms with Gasteiger partial charge in [0.15, 0.2) is 9.84 Å². The quantitative estimate of drug-likeness (QED) is 0.433. The van der Waals surface area contributed by atoms with Gasteiger partial charge in [0.05, 0.1) is 11.5 Å². The van der Waals surface area contributed by atoms with Crippen molar-refractivity contribution in [3.8, 4) is 16.9 Å². The molecule has 6 nitrogen and oxygen atoms in total. The van der Waals surface area contributed by atoms with Gasteiger partial charge in [0.1, 0.15) is 17.2 Å². The maximum absolute atomic E-state index is 14.9. The van der Waals surface area contributed by atoms with Crippen LogP contribution in [-0.4, -0.2) is 43.2 Å². The number of benzene rings is 3. The van der Waals surface area contributed by atoms with Crippen LogP contribution in [0, 0.1) is 5.82 Å². The van der Waals surface area contributed by atoms with Gasteiger partial charge in [-0.15, -0.1) is 12.4 Å². The molecule has 9 heteroatoms. The Morgan fingerprint density at radius 3 is 2.30 bits per heavy atom. The largest absolute Gasteiger partial charge is 0.487 e. The summed E-state index contributed by atoms with van der Waals surface area (Å²) in [5.41, 5.74) is 3.06. The number of sulfone groups is 1. The topological polar surface area (TPSA) is 83.9 Å². The van der Waals surface area contributed by atoms with Crippen LogP contribution in [0.15, 0.2) is 66.7 Å². The fourth-order valence-corrected chi connectivity index (χ4v) is 6.63. The van der Waals surface area contributed by atoms with Crippen molar-refractivity contribution in [1.82, 2.24) is 4.90 Å². The van der Waals surface area contributed by atoms with Crippen LogP contribution < -0.4 is 4.74 Å². The minimum Gasteiger partial charge on any atom is -0.487 e. The molecule has 1 fully saturated rings. The molecular formula is C28H29ClFNO5S. The summed E-state index contributed by atoms with van der Waals surface area (Å²) in [5.74, 6) is -0.233. The third kappa shape index (κ3) is 6.08. The molecule has 0 radical (unpaired) electrons. The van der Waals surface area contributed by atoms with Crippen molar-refractivity contribution in [3.05, 3.63) is 89.2 Å². The molecule has 0 unspecified atom stereocenters. The molecule has 3 aromatic rings. The van der Waals surface area contributed by atoms with E-state index in [0.717, 1.165) is 29.7 Å². The van der Waals surface area contributed by atoms with Gasteiger partial charge in [-0.25, -0.2) is 17.6 Å². The lowest BCUT2D eigenvalue weighted by Crippen LogP contribution is -2.50. The van der Waals surface area contributed by atoms with Crippen LogP contribution >= 0.6 is 12.4 Å². The second kappa shape index (κ2) is 10.7. The number of likely N-dealkylation sites (tertiary alicyclic amines) is 1. The van der Waals surface area contributed by atoms with Crippen molar-refractivity contribution in [2.75, 3.05) is 13.1 Å². The fourth-order valence-electron chi connectivity index (χ4n) is 5.12. The second-order valence-corrected chi connectivity index (χ2v) is 11.8. The summed E-state index contributed by atoms with van der Waals surface area (Å²) in [6.45, 7) is 0.935. The smallest absolute Gasteiger partial charge is 0.407 e. The first-order valence-electron chi connectivity index (χ1n) is 12.0. The van der Waals surface area contributed by atoms with Crippen LogP contribution in [-0.2, 0) is 27.8 Å². The highest BCUT2D eigenvalue weighted by Crippen LogP contribution is 2.41. The zero-order chi connectivity index (χ0) is 25.3. The molecular weight excluding hydrogens is 517 g/mol. The Labute approximate surface area is 222 Å². The van der Waals surface area contributed by atoms with Crippen LogP contribution in [0.2, 0.25) is 0 Å². The molecule has 1 N–H and O–H groups in total. The summed E-state index contributed by atoms with van der Waals surface area (Å²) in [7, 11) is -3.51. The maximum atomic E-state index is 14.9. The number of carbonyl (C=O) groups is 1. The SMILES string of the molecule is Cl.O=C(O)N1CCC2(CCc3cc(-c4ccc(CS(=O)(=O)Cc5ccccc5)c(F)c4)ccc3O2)CC1. The Balaban J connectivity index is 0.00000320. The molecule has 0 saturated carbocycles. The summed E-state index contributed by atoms with van der Waals surface area (Å²) in [5, 5.41) is 9.20. The van der Waals surface area contributed by atoms with E-state index in [4.69, 9.17) is 4.74 Å². The van der Waals surface area contributed by atoms with E-state index in [-0.39, 0.29) is 35.1 Å². The van der Waals surface area contributed by atoms with Crippen LogP contribution in [0.1, 0.15) is 36.0 Å². The molecule has 0 aliphatic carbocycles. The first kappa shape index (κ1) is 26.9. The van der Waals surface area contributed by atoms with Crippen molar-refractivity contribution >= 4 is 28.3 Å². The molecule has 1 spiro atoms. The Hall–Kier alpha value is -3.10.